The third-order valence-electron chi connectivity index (χ3n) is 3.67. The molecule has 0 spiro atoms. The molecular formula is C13H20FN3O2S. The van der Waals surface area contributed by atoms with E-state index in [0.717, 1.165) is 0 Å². The number of nitrogens with one attached hydrogen (secondary N) is 1. The molecular weight excluding hydrogens is 281 g/mol. The van der Waals surface area contributed by atoms with Gasteiger partial charge in [0.1, 0.15) is 5.82 Å². The maximum atomic E-state index is 13.8. The van der Waals surface area contributed by atoms with E-state index in [1.807, 2.05) is 0 Å². The first-order valence-corrected chi connectivity index (χ1v) is 8.02. The summed E-state index contributed by atoms with van der Waals surface area (Å²) in [6.45, 7) is 3.85. The Bertz CT molecular complexity index is 558. The van der Waals surface area contributed by atoms with E-state index < -0.39 is 16.3 Å². The van der Waals surface area contributed by atoms with Gasteiger partial charge in [-0.25, -0.2) is 4.39 Å². The van der Waals surface area contributed by atoms with Crippen molar-refractivity contribution in [2.45, 2.75) is 13.0 Å². The van der Waals surface area contributed by atoms with Crippen LogP contribution in [0.4, 0.5) is 4.39 Å². The third-order valence-corrected chi connectivity index (χ3v) is 5.73. The number of hydrogen-bond donors (Lipinski definition) is 1. The SMILES string of the molecule is CC(c1ccccc1F)N(C)S(=O)(=O)N1CCNCC1. The molecule has 1 aliphatic rings. The number of nitrogens with zero attached hydrogens (tertiary/aromatic N) is 2. The fraction of sp³-hybridized carbons (Fsp3) is 0.538. The molecule has 2 rings (SSSR count). The monoisotopic (exact) mass is 301 g/mol. The summed E-state index contributed by atoms with van der Waals surface area (Å²) in [6.07, 6.45) is 0. The molecule has 1 fully saturated rings. The predicted molar refractivity (Wildman–Crippen MR) is 75.9 cm³/mol. The molecule has 0 saturated carbocycles. The van der Waals surface area contributed by atoms with Crippen molar-refractivity contribution in [3.8, 4) is 0 Å². The van der Waals surface area contributed by atoms with Gasteiger partial charge < -0.3 is 5.32 Å². The minimum absolute atomic E-state index is 0.383. The molecule has 1 aliphatic heterocycles. The molecule has 1 aromatic carbocycles. The van der Waals surface area contributed by atoms with E-state index in [1.54, 1.807) is 25.1 Å². The summed E-state index contributed by atoms with van der Waals surface area (Å²) >= 11 is 0. The standard InChI is InChI=1S/C13H20FN3O2S/c1-11(12-5-3-4-6-13(12)14)16(2)20(18,19)17-9-7-15-8-10-17/h3-6,11,15H,7-10H2,1-2H3. The topological polar surface area (TPSA) is 52.7 Å². The molecule has 0 aromatic heterocycles. The maximum absolute atomic E-state index is 13.8. The zero-order valence-electron chi connectivity index (χ0n) is 11.7. The second kappa shape index (κ2) is 6.17. The van der Waals surface area contributed by atoms with Crippen LogP contribution in [0.2, 0.25) is 0 Å². The molecule has 1 saturated heterocycles. The van der Waals surface area contributed by atoms with Gasteiger partial charge in [0, 0.05) is 38.8 Å². The minimum atomic E-state index is -3.57. The predicted octanol–water partition coefficient (Wildman–Crippen LogP) is 0.968. The van der Waals surface area contributed by atoms with E-state index in [2.05, 4.69) is 5.32 Å². The molecule has 0 bridgehead atoms. The van der Waals surface area contributed by atoms with Crippen LogP contribution in [0.5, 0.6) is 0 Å². The summed E-state index contributed by atoms with van der Waals surface area (Å²) in [4.78, 5) is 0. The van der Waals surface area contributed by atoms with Crippen LogP contribution >= 0.6 is 0 Å². The highest BCUT2D eigenvalue weighted by Gasteiger charge is 2.32. The van der Waals surface area contributed by atoms with E-state index in [0.29, 0.717) is 31.7 Å². The van der Waals surface area contributed by atoms with Gasteiger partial charge in [-0.15, -0.1) is 0 Å². The summed E-state index contributed by atoms with van der Waals surface area (Å²) < 4.78 is 41.5. The zero-order chi connectivity index (χ0) is 14.8. The summed E-state index contributed by atoms with van der Waals surface area (Å²) in [5.41, 5.74) is 0.383. The Hall–Kier alpha value is -1.02. The second-order valence-corrected chi connectivity index (χ2v) is 6.86. The molecule has 1 aromatic rings. The van der Waals surface area contributed by atoms with Crippen molar-refractivity contribution in [3.05, 3.63) is 35.6 Å². The van der Waals surface area contributed by atoms with Crippen molar-refractivity contribution < 1.29 is 12.8 Å². The first-order valence-electron chi connectivity index (χ1n) is 6.63. The Labute approximate surface area is 119 Å². The fourth-order valence-electron chi connectivity index (χ4n) is 2.27. The number of piperazine rings is 1. The highest BCUT2D eigenvalue weighted by molar-refractivity contribution is 7.86. The first-order chi connectivity index (χ1) is 9.44. The zero-order valence-corrected chi connectivity index (χ0v) is 12.5. The highest BCUT2D eigenvalue weighted by atomic mass is 32.2. The van der Waals surface area contributed by atoms with Crippen molar-refractivity contribution in [3.63, 3.8) is 0 Å². The smallest absolute Gasteiger partial charge is 0.282 e. The van der Waals surface area contributed by atoms with Gasteiger partial charge in [0.05, 0.1) is 6.04 Å². The first kappa shape index (κ1) is 15.4. The lowest BCUT2D eigenvalue weighted by molar-refractivity contribution is 0.303. The van der Waals surface area contributed by atoms with Crippen molar-refractivity contribution in [2.24, 2.45) is 0 Å². The summed E-state index contributed by atoms with van der Waals surface area (Å²) in [5.74, 6) is -0.387. The van der Waals surface area contributed by atoms with E-state index in [4.69, 9.17) is 0 Å². The second-order valence-electron chi connectivity index (χ2n) is 4.87. The fourth-order valence-corrected chi connectivity index (χ4v) is 3.79. The van der Waals surface area contributed by atoms with Crippen LogP contribution in [0.15, 0.2) is 24.3 Å². The largest absolute Gasteiger partial charge is 0.314 e. The van der Waals surface area contributed by atoms with Crippen LogP contribution in [0.3, 0.4) is 0 Å². The van der Waals surface area contributed by atoms with E-state index in [9.17, 15) is 12.8 Å². The van der Waals surface area contributed by atoms with Crippen molar-refractivity contribution in [2.75, 3.05) is 33.2 Å². The van der Waals surface area contributed by atoms with Crippen LogP contribution in [0.1, 0.15) is 18.5 Å². The number of halogens is 1. The minimum Gasteiger partial charge on any atom is -0.314 e. The van der Waals surface area contributed by atoms with Gasteiger partial charge in [-0.3, -0.25) is 0 Å². The van der Waals surface area contributed by atoms with E-state index in [1.165, 1.54) is 21.7 Å². The Morgan fingerprint density at radius 1 is 1.30 bits per heavy atom. The Morgan fingerprint density at radius 3 is 2.50 bits per heavy atom. The molecule has 0 aliphatic carbocycles. The summed E-state index contributed by atoms with van der Waals surface area (Å²) in [5, 5.41) is 3.11. The normalized spacial score (nSPS) is 19.2. The molecule has 5 nitrogen and oxygen atoms in total. The molecule has 20 heavy (non-hydrogen) atoms. The summed E-state index contributed by atoms with van der Waals surface area (Å²) in [7, 11) is -2.07. The molecule has 1 unspecified atom stereocenters. The lowest BCUT2D eigenvalue weighted by Crippen LogP contribution is -2.51. The Kier molecular flexibility index (Phi) is 4.74. The number of benzene rings is 1. The quantitative estimate of drug-likeness (QED) is 0.901. The van der Waals surface area contributed by atoms with Crippen LogP contribution in [-0.2, 0) is 10.2 Å². The average molecular weight is 301 g/mol. The van der Waals surface area contributed by atoms with E-state index >= 15 is 0 Å². The maximum Gasteiger partial charge on any atom is 0.282 e. The number of rotatable bonds is 4. The Balaban J connectivity index is 2.21. The summed E-state index contributed by atoms with van der Waals surface area (Å²) in [6, 6.07) is 5.72. The lowest BCUT2D eigenvalue weighted by Gasteiger charge is -2.33. The molecule has 112 valence electrons. The van der Waals surface area contributed by atoms with Gasteiger partial charge in [-0.05, 0) is 13.0 Å². The molecule has 1 heterocycles. The van der Waals surface area contributed by atoms with E-state index in [-0.39, 0.29) is 5.82 Å². The van der Waals surface area contributed by atoms with Crippen LogP contribution in [-0.4, -0.2) is 50.3 Å². The third kappa shape index (κ3) is 3.01. The van der Waals surface area contributed by atoms with Crippen molar-refractivity contribution in [1.82, 2.24) is 13.9 Å². The molecule has 0 radical (unpaired) electrons. The van der Waals surface area contributed by atoms with Crippen molar-refractivity contribution >= 4 is 10.2 Å². The molecule has 0 amide bonds. The van der Waals surface area contributed by atoms with Gasteiger partial charge in [0.25, 0.3) is 10.2 Å². The van der Waals surface area contributed by atoms with Gasteiger partial charge in [0.15, 0.2) is 0 Å². The van der Waals surface area contributed by atoms with Crippen molar-refractivity contribution in [1.29, 1.82) is 0 Å². The molecule has 7 heteroatoms. The molecule has 1 atom stereocenters. The number of hydrogen-bond acceptors (Lipinski definition) is 3. The lowest BCUT2D eigenvalue weighted by atomic mass is 10.1. The Morgan fingerprint density at radius 2 is 1.90 bits per heavy atom. The van der Waals surface area contributed by atoms with Gasteiger partial charge in [0.2, 0.25) is 0 Å². The van der Waals surface area contributed by atoms with Crippen LogP contribution in [0.25, 0.3) is 0 Å². The molecule has 1 N–H and O–H groups in total. The van der Waals surface area contributed by atoms with Gasteiger partial charge in [-0.2, -0.15) is 17.0 Å². The van der Waals surface area contributed by atoms with Crippen LogP contribution in [0, 0.1) is 5.82 Å². The van der Waals surface area contributed by atoms with Crippen LogP contribution < -0.4 is 5.32 Å². The van der Waals surface area contributed by atoms with Gasteiger partial charge >= 0.3 is 0 Å². The van der Waals surface area contributed by atoms with Gasteiger partial charge in [-0.1, -0.05) is 18.2 Å². The highest BCUT2D eigenvalue weighted by Crippen LogP contribution is 2.25. The average Bonchev–Trinajstić information content (AvgIpc) is 2.47.